The monoisotopic (exact) mass is 265 g/mol. The average molecular weight is 265 g/mol. The van der Waals surface area contributed by atoms with E-state index in [0.717, 1.165) is 12.8 Å². The molecule has 6 heteroatoms. The van der Waals surface area contributed by atoms with Gasteiger partial charge in [0.15, 0.2) is 0 Å². The molecule has 3 N–H and O–H groups in total. The summed E-state index contributed by atoms with van der Waals surface area (Å²) < 4.78 is 27.9. The van der Waals surface area contributed by atoms with Crippen LogP contribution in [0.4, 0.5) is 0 Å². The van der Waals surface area contributed by atoms with Gasteiger partial charge in [0.05, 0.1) is 0 Å². The summed E-state index contributed by atoms with van der Waals surface area (Å²) in [7, 11) is -1.82. The third-order valence-electron chi connectivity index (χ3n) is 3.67. The summed E-state index contributed by atoms with van der Waals surface area (Å²) in [5.41, 5.74) is 5.61. The second-order valence-electron chi connectivity index (χ2n) is 4.85. The minimum Gasteiger partial charge on any atom is -0.330 e. The molecule has 0 rings (SSSR count). The number of rotatable bonds is 8. The van der Waals surface area contributed by atoms with E-state index in [1.807, 2.05) is 27.7 Å². The fraction of sp³-hybridized carbons (Fsp3) is 1.00. The molecule has 0 fully saturated rings. The molecule has 0 saturated heterocycles. The lowest BCUT2D eigenvalue weighted by atomic mass is 9.83. The van der Waals surface area contributed by atoms with Crippen molar-refractivity contribution in [3.8, 4) is 0 Å². The van der Waals surface area contributed by atoms with Crippen LogP contribution in [-0.4, -0.2) is 38.9 Å². The van der Waals surface area contributed by atoms with Crippen LogP contribution in [0.2, 0.25) is 0 Å². The molecule has 0 aromatic rings. The first kappa shape index (κ1) is 16.8. The highest BCUT2D eigenvalue weighted by atomic mass is 32.2. The summed E-state index contributed by atoms with van der Waals surface area (Å²) in [5, 5.41) is 0. The van der Waals surface area contributed by atoms with Crippen LogP contribution in [0.25, 0.3) is 0 Å². The molecule has 0 unspecified atom stereocenters. The lowest BCUT2D eigenvalue weighted by Crippen LogP contribution is -2.47. The molecule has 0 atom stereocenters. The number of hydrogen-bond donors (Lipinski definition) is 2. The van der Waals surface area contributed by atoms with Gasteiger partial charge >= 0.3 is 0 Å². The zero-order valence-corrected chi connectivity index (χ0v) is 12.5. The molecular weight excluding hydrogens is 238 g/mol. The maximum absolute atomic E-state index is 11.9. The predicted molar refractivity (Wildman–Crippen MR) is 71.9 cm³/mol. The fourth-order valence-corrected chi connectivity index (χ4v) is 2.73. The number of nitrogens with two attached hydrogens (primary N) is 1. The molecule has 104 valence electrons. The Kier molecular flexibility index (Phi) is 6.61. The average Bonchev–Trinajstić information content (AvgIpc) is 2.30. The molecule has 0 aliphatic rings. The standard InChI is InChI=1S/C11H27N3O2S/c1-6-11(7-2,8-12)9-13-17(15,16)14(5)10(3)4/h10,13H,6-9,12H2,1-5H3. The summed E-state index contributed by atoms with van der Waals surface area (Å²) in [4.78, 5) is 0. The summed E-state index contributed by atoms with van der Waals surface area (Å²) in [5.74, 6) is 0. The summed E-state index contributed by atoms with van der Waals surface area (Å²) >= 11 is 0. The van der Waals surface area contributed by atoms with Gasteiger partial charge < -0.3 is 5.73 Å². The molecule has 0 amide bonds. The van der Waals surface area contributed by atoms with E-state index >= 15 is 0 Å². The molecule has 0 saturated carbocycles. The van der Waals surface area contributed by atoms with Crippen LogP contribution in [0, 0.1) is 5.41 Å². The van der Waals surface area contributed by atoms with Crippen molar-refractivity contribution in [3.63, 3.8) is 0 Å². The van der Waals surface area contributed by atoms with Gasteiger partial charge in [0, 0.05) is 19.6 Å². The molecule has 0 radical (unpaired) electrons. The van der Waals surface area contributed by atoms with Gasteiger partial charge in [-0.1, -0.05) is 13.8 Å². The Balaban J connectivity index is 4.65. The molecule has 5 nitrogen and oxygen atoms in total. The highest BCUT2D eigenvalue weighted by Crippen LogP contribution is 2.24. The van der Waals surface area contributed by atoms with E-state index < -0.39 is 10.2 Å². The van der Waals surface area contributed by atoms with Crippen LogP contribution >= 0.6 is 0 Å². The SMILES string of the molecule is CCC(CC)(CN)CNS(=O)(=O)N(C)C(C)C. The predicted octanol–water partition coefficient (Wildman–Crippen LogP) is 0.926. The van der Waals surface area contributed by atoms with E-state index in [1.165, 1.54) is 4.31 Å². The topological polar surface area (TPSA) is 75.4 Å². The van der Waals surface area contributed by atoms with Crippen LogP contribution in [0.5, 0.6) is 0 Å². The highest BCUT2D eigenvalue weighted by molar-refractivity contribution is 7.87. The lowest BCUT2D eigenvalue weighted by molar-refractivity contribution is 0.271. The van der Waals surface area contributed by atoms with Gasteiger partial charge in [-0.2, -0.15) is 12.7 Å². The fourth-order valence-electron chi connectivity index (χ4n) is 1.48. The van der Waals surface area contributed by atoms with Crippen molar-refractivity contribution in [1.82, 2.24) is 9.03 Å². The molecule has 0 bridgehead atoms. The Bertz CT molecular complexity index is 302. The van der Waals surface area contributed by atoms with Crippen LogP contribution in [0.3, 0.4) is 0 Å². The first-order valence-corrected chi connectivity index (χ1v) is 7.61. The van der Waals surface area contributed by atoms with E-state index in [-0.39, 0.29) is 11.5 Å². The maximum atomic E-state index is 11.9. The van der Waals surface area contributed by atoms with Gasteiger partial charge in [0.2, 0.25) is 0 Å². The van der Waals surface area contributed by atoms with Crippen LogP contribution < -0.4 is 10.5 Å². The quantitative estimate of drug-likeness (QED) is 0.685. The molecule has 0 aliphatic heterocycles. The van der Waals surface area contributed by atoms with E-state index in [9.17, 15) is 8.42 Å². The Morgan fingerprint density at radius 3 is 2.06 bits per heavy atom. The zero-order chi connectivity index (χ0) is 13.7. The first-order chi connectivity index (χ1) is 7.74. The summed E-state index contributed by atoms with van der Waals surface area (Å²) in [6, 6.07) is -0.0528. The normalized spacial score (nSPS) is 13.6. The van der Waals surface area contributed by atoms with E-state index in [1.54, 1.807) is 7.05 Å². The minimum absolute atomic E-state index is 0.0528. The van der Waals surface area contributed by atoms with E-state index in [4.69, 9.17) is 5.73 Å². The zero-order valence-electron chi connectivity index (χ0n) is 11.7. The van der Waals surface area contributed by atoms with E-state index in [2.05, 4.69) is 4.72 Å². The lowest BCUT2D eigenvalue weighted by Gasteiger charge is -2.31. The maximum Gasteiger partial charge on any atom is 0.279 e. The van der Waals surface area contributed by atoms with Crippen molar-refractivity contribution in [3.05, 3.63) is 0 Å². The van der Waals surface area contributed by atoms with Gasteiger partial charge in [-0.25, -0.2) is 4.72 Å². The van der Waals surface area contributed by atoms with Crippen molar-refractivity contribution in [2.75, 3.05) is 20.1 Å². The van der Waals surface area contributed by atoms with Gasteiger partial charge in [0.25, 0.3) is 10.2 Å². The molecule has 0 aromatic carbocycles. The summed E-state index contributed by atoms with van der Waals surface area (Å²) in [6.45, 7) is 8.65. The Morgan fingerprint density at radius 1 is 1.29 bits per heavy atom. The van der Waals surface area contributed by atoms with Crippen molar-refractivity contribution in [2.45, 2.75) is 46.6 Å². The molecular formula is C11H27N3O2S. The van der Waals surface area contributed by atoms with Crippen LogP contribution in [0.1, 0.15) is 40.5 Å². The highest BCUT2D eigenvalue weighted by Gasteiger charge is 2.28. The number of nitrogens with zero attached hydrogens (tertiary/aromatic N) is 1. The van der Waals surface area contributed by atoms with Crippen LogP contribution in [0.15, 0.2) is 0 Å². The largest absolute Gasteiger partial charge is 0.330 e. The van der Waals surface area contributed by atoms with Gasteiger partial charge in [-0.15, -0.1) is 0 Å². The van der Waals surface area contributed by atoms with E-state index in [0.29, 0.717) is 13.1 Å². The number of nitrogens with one attached hydrogen (secondary N) is 1. The second-order valence-corrected chi connectivity index (χ2v) is 6.66. The Labute approximate surface area is 106 Å². The van der Waals surface area contributed by atoms with Crippen molar-refractivity contribution < 1.29 is 8.42 Å². The van der Waals surface area contributed by atoms with Gasteiger partial charge in [-0.05, 0) is 38.6 Å². The third-order valence-corrected chi connectivity index (χ3v) is 5.36. The second kappa shape index (κ2) is 6.68. The minimum atomic E-state index is -3.40. The van der Waals surface area contributed by atoms with Crippen molar-refractivity contribution >= 4 is 10.2 Å². The first-order valence-electron chi connectivity index (χ1n) is 6.17. The smallest absolute Gasteiger partial charge is 0.279 e. The number of hydrogen-bond acceptors (Lipinski definition) is 3. The molecule has 0 aliphatic carbocycles. The molecule has 0 aromatic heterocycles. The van der Waals surface area contributed by atoms with Crippen LogP contribution in [-0.2, 0) is 10.2 Å². The van der Waals surface area contributed by atoms with Crippen molar-refractivity contribution in [2.24, 2.45) is 11.1 Å². The molecule has 17 heavy (non-hydrogen) atoms. The Morgan fingerprint density at radius 2 is 1.76 bits per heavy atom. The summed E-state index contributed by atoms with van der Waals surface area (Å²) in [6.07, 6.45) is 1.74. The Hall–Kier alpha value is -0.170. The third kappa shape index (κ3) is 4.54. The molecule has 0 heterocycles. The molecule has 0 spiro atoms. The van der Waals surface area contributed by atoms with Gasteiger partial charge in [-0.3, -0.25) is 0 Å². The van der Waals surface area contributed by atoms with Gasteiger partial charge in [0.1, 0.15) is 0 Å². The van der Waals surface area contributed by atoms with Crippen molar-refractivity contribution in [1.29, 1.82) is 0 Å².